The molecule has 6 nitrogen and oxygen atoms in total. The first kappa shape index (κ1) is 16.7. The van der Waals surface area contributed by atoms with E-state index in [-0.39, 0.29) is 17.4 Å². The number of benzene rings is 1. The van der Waals surface area contributed by atoms with Gasteiger partial charge in [-0.2, -0.15) is 10.2 Å². The van der Waals surface area contributed by atoms with E-state index in [9.17, 15) is 14.4 Å². The van der Waals surface area contributed by atoms with Crippen LogP contribution in [-0.2, 0) is 4.79 Å². The molecule has 0 aliphatic carbocycles. The molecule has 0 atom stereocenters. The van der Waals surface area contributed by atoms with E-state index in [2.05, 4.69) is 4.98 Å². The van der Waals surface area contributed by atoms with Gasteiger partial charge >= 0.3 is 0 Å². The molecule has 0 saturated carbocycles. The number of oxazole rings is 1. The van der Waals surface area contributed by atoms with E-state index >= 15 is 0 Å². The Balaban J connectivity index is 1.75. The van der Waals surface area contributed by atoms with Crippen molar-refractivity contribution in [2.45, 2.75) is 6.92 Å². The molecule has 1 aromatic carbocycles. The molecule has 1 aliphatic rings. The van der Waals surface area contributed by atoms with E-state index < -0.39 is 0 Å². The minimum atomic E-state index is -0.299. The summed E-state index contributed by atoms with van der Waals surface area (Å²) in [6, 6.07) is 8.07. The van der Waals surface area contributed by atoms with Gasteiger partial charge in [0.05, 0.1) is 0 Å². The molecule has 0 N–H and O–H groups in total. The molecule has 128 valence electrons. The van der Waals surface area contributed by atoms with Crippen molar-refractivity contribution in [3.8, 4) is 6.07 Å². The van der Waals surface area contributed by atoms with Crippen LogP contribution in [0.3, 0.4) is 0 Å². The summed E-state index contributed by atoms with van der Waals surface area (Å²) in [6.45, 7) is 3.89. The topological polar surface area (TPSA) is 73.4 Å². The van der Waals surface area contributed by atoms with Gasteiger partial charge in [-0.1, -0.05) is 12.1 Å². The Morgan fingerprint density at radius 2 is 1.92 bits per heavy atom. The number of hydrogen-bond acceptors (Lipinski definition) is 5. The molecule has 0 spiro atoms. The fourth-order valence-corrected chi connectivity index (χ4v) is 2.65. The van der Waals surface area contributed by atoms with E-state index in [0.29, 0.717) is 38.0 Å². The number of carbonyl (C=O) groups excluding carboxylic acids is 1. The van der Waals surface area contributed by atoms with Crippen LogP contribution in [0.4, 0.5) is 10.3 Å². The average Bonchev–Trinajstić information content (AvgIpc) is 3.04. The molecule has 7 heteroatoms. The summed E-state index contributed by atoms with van der Waals surface area (Å²) in [4.78, 5) is 19.3. The number of nitriles is 1. The maximum Gasteiger partial charge on any atom is 0.235 e. The zero-order valence-corrected chi connectivity index (χ0v) is 13.8. The van der Waals surface area contributed by atoms with Crippen LogP contribution in [0.15, 0.2) is 28.7 Å². The summed E-state index contributed by atoms with van der Waals surface area (Å²) < 4.78 is 18.6. The minimum absolute atomic E-state index is 0.0423. The SMILES string of the molecule is CC(=O)N1CCN(c2oc(/C=C/c3ccc(F)cc3)nc2C#N)CC1. The van der Waals surface area contributed by atoms with Crippen molar-refractivity contribution in [1.29, 1.82) is 5.26 Å². The van der Waals surface area contributed by atoms with Crippen LogP contribution in [0.25, 0.3) is 12.2 Å². The van der Waals surface area contributed by atoms with Gasteiger partial charge in [-0.25, -0.2) is 4.39 Å². The third kappa shape index (κ3) is 3.86. The molecule has 1 saturated heterocycles. The number of aromatic nitrogens is 1. The highest BCUT2D eigenvalue weighted by Crippen LogP contribution is 2.24. The lowest BCUT2D eigenvalue weighted by atomic mass is 10.2. The Labute approximate surface area is 144 Å². The number of hydrogen-bond donors (Lipinski definition) is 0. The van der Waals surface area contributed by atoms with Gasteiger partial charge in [-0.05, 0) is 23.8 Å². The maximum atomic E-state index is 12.9. The first-order valence-corrected chi connectivity index (χ1v) is 7.92. The number of halogens is 1. The van der Waals surface area contributed by atoms with E-state index in [1.807, 2.05) is 11.0 Å². The number of piperazine rings is 1. The predicted molar refractivity (Wildman–Crippen MR) is 91.0 cm³/mol. The van der Waals surface area contributed by atoms with E-state index in [0.717, 1.165) is 5.56 Å². The Bertz CT molecular complexity index is 828. The fourth-order valence-electron chi connectivity index (χ4n) is 2.65. The van der Waals surface area contributed by atoms with Crippen molar-refractivity contribution >= 4 is 23.9 Å². The summed E-state index contributed by atoms with van der Waals surface area (Å²) >= 11 is 0. The molecule has 1 fully saturated rings. The monoisotopic (exact) mass is 340 g/mol. The third-order valence-electron chi connectivity index (χ3n) is 4.03. The number of rotatable bonds is 3. The van der Waals surface area contributed by atoms with Crippen molar-refractivity contribution in [1.82, 2.24) is 9.88 Å². The van der Waals surface area contributed by atoms with Crippen molar-refractivity contribution < 1.29 is 13.6 Å². The van der Waals surface area contributed by atoms with Gasteiger partial charge in [0, 0.05) is 39.2 Å². The van der Waals surface area contributed by atoms with Gasteiger partial charge in [0.2, 0.25) is 23.4 Å². The first-order valence-electron chi connectivity index (χ1n) is 7.92. The van der Waals surface area contributed by atoms with Crippen LogP contribution in [-0.4, -0.2) is 42.0 Å². The van der Waals surface area contributed by atoms with Crippen LogP contribution in [0.2, 0.25) is 0 Å². The quantitative estimate of drug-likeness (QED) is 0.858. The Hall–Kier alpha value is -3.14. The number of amides is 1. The van der Waals surface area contributed by atoms with E-state index in [4.69, 9.17) is 4.42 Å². The van der Waals surface area contributed by atoms with Crippen molar-refractivity contribution in [2.24, 2.45) is 0 Å². The van der Waals surface area contributed by atoms with Crippen LogP contribution in [0.5, 0.6) is 0 Å². The number of nitrogens with zero attached hydrogens (tertiary/aromatic N) is 4. The molecule has 3 rings (SSSR count). The Kier molecular flexibility index (Phi) is 4.80. The lowest BCUT2D eigenvalue weighted by molar-refractivity contribution is -0.129. The van der Waals surface area contributed by atoms with Gasteiger partial charge in [-0.3, -0.25) is 4.79 Å². The molecule has 1 aromatic heterocycles. The second-order valence-electron chi connectivity index (χ2n) is 5.70. The summed E-state index contributed by atoms with van der Waals surface area (Å²) in [5.74, 6) is 0.474. The largest absolute Gasteiger partial charge is 0.420 e. The zero-order chi connectivity index (χ0) is 17.8. The highest BCUT2D eigenvalue weighted by atomic mass is 19.1. The summed E-state index contributed by atoms with van der Waals surface area (Å²) in [7, 11) is 0. The number of carbonyl (C=O) groups is 1. The second-order valence-corrected chi connectivity index (χ2v) is 5.70. The summed E-state index contributed by atoms with van der Waals surface area (Å²) in [6.07, 6.45) is 3.38. The molecular formula is C18H17FN4O2. The minimum Gasteiger partial charge on any atom is -0.420 e. The normalized spacial score (nSPS) is 14.8. The Morgan fingerprint density at radius 1 is 1.24 bits per heavy atom. The molecule has 1 amide bonds. The first-order chi connectivity index (χ1) is 12.1. The zero-order valence-electron chi connectivity index (χ0n) is 13.8. The predicted octanol–water partition coefficient (Wildman–Crippen LogP) is 2.52. The number of anilines is 1. The second kappa shape index (κ2) is 7.18. The van der Waals surface area contributed by atoms with Gasteiger partial charge in [0.25, 0.3) is 0 Å². The van der Waals surface area contributed by atoms with Gasteiger partial charge in [0.15, 0.2) is 0 Å². The summed E-state index contributed by atoms with van der Waals surface area (Å²) in [5.41, 5.74) is 1.02. The van der Waals surface area contributed by atoms with Gasteiger partial charge < -0.3 is 14.2 Å². The molecule has 2 heterocycles. The van der Waals surface area contributed by atoms with Crippen LogP contribution in [0.1, 0.15) is 24.1 Å². The van der Waals surface area contributed by atoms with Crippen molar-refractivity contribution in [3.05, 3.63) is 47.2 Å². The summed E-state index contributed by atoms with van der Waals surface area (Å²) in [5, 5.41) is 9.29. The van der Waals surface area contributed by atoms with Crippen LogP contribution < -0.4 is 4.90 Å². The van der Waals surface area contributed by atoms with Crippen LogP contribution >= 0.6 is 0 Å². The molecular weight excluding hydrogens is 323 g/mol. The van der Waals surface area contributed by atoms with Crippen molar-refractivity contribution in [2.75, 3.05) is 31.1 Å². The maximum absolute atomic E-state index is 12.9. The Morgan fingerprint density at radius 3 is 2.52 bits per heavy atom. The van der Waals surface area contributed by atoms with Gasteiger partial charge in [-0.15, -0.1) is 0 Å². The fraction of sp³-hybridized carbons (Fsp3) is 0.278. The molecule has 0 bridgehead atoms. The van der Waals surface area contributed by atoms with E-state index in [1.165, 1.54) is 12.1 Å². The van der Waals surface area contributed by atoms with E-state index in [1.54, 1.807) is 36.1 Å². The van der Waals surface area contributed by atoms with Crippen LogP contribution in [0, 0.1) is 17.1 Å². The molecule has 0 unspecified atom stereocenters. The third-order valence-corrected chi connectivity index (χ3v) is 4.03. The molecule has 1 aliphatic heterocycles. The highest BCUT2D eigenvalue weighted by Gasteiger charge is 2.24. The molecule has 0 radical (unpaired) electrons. The standard InChI is InChI=1S/C18H17FN4O2/c1-13(24)22-8-10-23(11-9-22)18-16(12-20)21-17(25-18)7-4-14-2-5-15(19)6-3-14/h2-7H,8-11H2,1H3/b7-4+. The average molecular weight is 340 g/mol. The van der Waals surface area contributed by atoms with Crippen molar-refractivity contribution in [3.63, 3.8) is 0 Å². The lowest BCUT2D eigenvalue weighted by Gasteiger charge is -2.33. The highest BCUT2D eigenvalue weighted by molar-refractivity contribution is 5.73. The molecule has 2 aromatic rings. The smallest absolute Gasteiger partial charge is 0.235 e. The molecule has 25 heavy (non-hydrogen) atoms. The lowest BCUT2D eigenvalue weighted by Crippen LogP contribution is -2.48. The van der Waals surface area contributed by atoms with Gasteiger partial charge in [0.1, 0.15) is 11.9 Å².